The van der Waals surface area contributed by atoms with Crippen LogP contribution in [0.25, 0.3) is 0 Å². The molecule has 0 saturated carbocycles. The van der Waals surface area contributed by atoms with E-state index in [2.05, 4.69) is 10.3 Å². The lowest BCUT2D eigenvalue weighted by atomic mass is 10.2. The molecule has 0 N–H and O–H groups in total. The quantitative estimate of drug-likeness (QED) is 0.664. The Morgan fingerprint density at radius 1 is 1.27 bits per heavy atom. The van der Waals surface area contributed by atoms with Crippen LogP contribution in [0.1, 0.15) is 22.4 Å². The first kappa shape index (κ1) is 16.7. The van der Waals surface area contributed by atoms with E-state index in [1.54, 1.807) is 34.7 Å². The Bertz CT molecular complexity index is 893. The summed E-state index contributed by atoms with van der Waals surface area (Å²) in [4.78, 5) is 14.0. The van der Waals surface area contributed by atoms with Crippen LogP contribution < -0.4 is 4.74 Å². The van der Waals surface area contributed by atoms with Gasteiger partial charge in [-0.3, -0.25) is 4.79 Å². The molecule has 7 nitrogen and oxygen atoms in total. The highest BCUT2D eigenvalue weighted by atomic mass is 32.2. The van der Waals surface area contributed by atoms with E-state index in [0.717, 1.165) is 22.8 Å². The molecule has 1 aromatic carbocycles. The molecule has 0 unspecified atom stereocenters. The van der Waals surface area contributed by atoms with E-state index in [0.29, 0.717) is 18.8 Å². The number of rotatable bonds is 6. The molecule has 0 spiro atoms. The van der Waals surface area contributed by atoms with Gasteiger partial charge in [-0.15, -0.1) is 16.9 Å². The smallest absolute Gasteiger partial charge is 0.234 e. The van der Waals surface area contributed by atoms with E-state index in [1.807, 2.05) is 42.6 Å². The standard InChI is InChI=1S/C18H18N4O3S/c1-24-16-7-3-2-5-13(16)9-21-11-15(19-20-21)18-22(17(23)12-26-18)10-14-6-4-8-25-14/h2-8,11,18H,9-10,12H2,1H3/t18-/m0/s1. The summed E-state index contributed by atoms with van der Waals surface area (Å²) in [7, 11) is 1.65. The van der Waals surface area contributed by atoms with Crippen molar-refractivity contribution in [3.63, 3.8) is 0 Å². The van der Waals surface area contributed by atoms with Gasteiger partial charge in [-0.2, -0.15) is 0 Å². The average Bonchev–Trinajstić information content (AvgIpc) is 3.39. The number of hydrogen-bond acceptors (Lipinski definition) is 6. The Morgan fingerprint density at radius 2 is 2.15 bits per heavy atom. The molecule has 0 bridgehead atoms. The fourth-order valence-electron chi connectivity index (χ4n) is 2.95. The maximum absolute atomic E-state index is 12.3. The third kappa shape index (κ3) is 3.32. The summed E-state index contributed by atoms with van der Waals surface area (Å²) in [6.45, 7) is 0.989. The zero-order valence-corrected chi connectivity index (χ0v) is 15.1. The number of thioether (sulfide) groups is 1. The average molecular weight is 370 g/mol. The molecular formula is C18H18N4O3S. The largest absolute Gasteiger partial charge is 0.496 e. The van der Waals surface area contributed by atoms with Crippen LogP contribution >= 0.6 is 11.8 Å². The van der Waals surface area contributed by atoms with Crippen LogP contribution in [0.5, 0.6) is 5.75 Å². The Hall–Kier alpha value is -2.74. The van der Waals surface area contributed by atoms with E-state index in [1.165, 1.54) is 0 Å². The van der Waals surface area contributed by atoms with Gasteiger partial charge in [0, 0.05) is 5.56 Å². The van der Waals surface area contributed by atoms with Crippen molar-refractivity contribution in [2.45, 2.75) is 18.5 Å². The minimum absolute atomic E-state index is 0.0793. The number of para-hydroxylation sites is 1. The second-order valence-corrected chi connectivity index (χ2v) is 6.99. The van der Waals surface area contributed by atoms with Gasteiger partial charge in [0.2, 0.25) is 5.91 Å². The van der Waals surface area contributed by atoms with Crippen molar-refractivity contribution in [2.75, 3.05) is 12.9 Å². The van der Waals surface area contributed by atoms with Crippen molar-refractivity contribution < 1.29 is 13.9 Å². The normalized spacial score (nSPS) is 17.0. The molecule has 3 heterocycles. The molecule has 8 heteroatoms. The second-order valence-electron chi connectivity index (χ2n) is 5.92. The van der Waals surface area contributed by atoms with Crippen LogP contribution in [0.3, 0.4) is 0 Å². The number of methoxy groups -OCH3 is 1. The number of benzene rings is 1. The van der Waals surface area contributed by atoms with E-state index < -0.39 is 0 Å². The van der Waals surface area contributed by atoms with E-state index in [9.17, 15) is 4.79 Å². The van der Waals surface area contributed by atoms with Crippen LogP contribution in [0.2, 0.25) is 0 Å². The van der Waals surface area contributed by atoms with E-state index >= 15 is 0 Å². The third-order valence-corrected chi connectivity index (χ3v) is 5.43. The van der Waals surface area contributed by atoms with Gasteiger partial charge in [0.05, 0.1) is 38.4 Å². The van der Waals surface area contributed by atoms with Crippen LogP contribution in [-0.2, 0) is 17.9 Å². The fraction of sp³-hybridized carbons (Fsp3) is 0.278. The first-order valence-electron chi connectivity index (χ1n) is 8.20. The lowest BCUT2D eigenvalue weighted by Crippen LogP contribution is -2.27. The van der Waals surface area contributed by atoms with Crippen molar-refractivity contribution in [1.29, 1.82) is 0 Å². The third-order valence-electron chi connectivity index (χ3n) is 4.21. The number of amides is 1. The molecule has 1 fully saturated rings. The molecular weight excluding hydrogens is 352 g/mol. The van der Waals surface area contributed by atoms with E-state index in [-0.39, 0.29) is 11.3 Å². The summed E-state index contributed by atoms with van der Waals surface area (Å²) < 4.78 is 12.5. The van der Waals surface area contributed by atoms with E-state index in [4.69, 9.17) is 9.15 Å². The van der Waals surface area contributed by atoms with Crippen molar-refractivity contribution in [1.82, 2.24) is 19.9 Å². The van der Waals surface area contributed by atoms with Crippen molar-refractivity contribution in [3.8, 4) is 5.75 Å². The summed E-state index contributed by atoms with van der Waals surface area (Å²) in [5, 5.41) is 8.36. The van der Waals surface area contributed by atoms with Gasteiger partial charge in [-0.25, -0.2) is 4.68 Å². The number of nitrogens with zero attached hydrogens (tertiary/aromatic N) is 4. The van der Waals surface area contributed by atoms with Crippen LogP contribution in [0.4, 0.5) is 0 Å². The summed E-state index contributed by atoms with van der Waals surface area (Å²) in [6.07, 6.45) is 3.50. The predicted molar refractivity (Wildman–Crippen MR) is 96.6 cm³/mol. The zero-order chi connectivity index (χ0) is 17.9. The molecule has 1 atom stereocenters. The maximum atomic E-state index is 12.3. The maximum Gasteiger partial charge on any atom is 0.234 e. The number of carbonyl (C=O) groups excluding carboxylic acids is 1. The Balaban J connectivity index is 1.52. The molecule has 2 aromatic heterocycles. The highest BCUT2D eigenvalue weighted by Gasteiger charge is 2.35. The van der Waals surface area contributed by atoms with Crippen LogP contribution in [0.15, 0.2) is 53.3 Å². The van der Waals surface area contributed by atoms with Gasteiger partial charge in [0.15, 0.2) is 0 Å². The molecule has 134 valence electrons. The van der Waals surface area contributed by atoms with Crippen molar-refractivity contribution >= 4 is 17.7 Å². The number of carbonyl (C=O) groups is 1. The van der Waals surface area contributed by atoms with Gasteiger partial charge < -0.3 is 14.1 Å². The molecule has 1 aliphatic heterocycles. The lowest BCUT2D eigenvalue weighted by Gasteiger charge is -2.20. The van der Waals surface area contributed by atoms with Gasteiger partial charge in [0.1, 0.15) is 22.6 Å². The second kappa shape index (κ2) is 7.25. The molecule has 0 aliphatic carbocycles. The fourth-order valence-corrected chi connectivity index (χ4v) is 4.07. The minimum Gasteiger partial charge on any atom is -0.496 e. The topological polar surface area (TPSA) is 73.4 Å². The molecule has 0 radical (unpaired) electrons. The van der Waals surface area contributed by atoms with Gasteiger partial charge in [0.25, 0.3) is 0 Å². The van der Waals surface area contributed by atoms with Crippen LogP contribution in [-0.4, -0.2) is 38.7 Å². The number of hydrogen-bond donors (Lipinski definition) is 0. The number of aromatic nitrogens is 3. The molecule has 1 amide bonds. The zero-order valence-electron chi connectivity index (χ0n) is 14.2. The number of furan rings is 1. The first-order valence-corrected chi connectivity index (χ1v) is 9.25. The summed E-state index contributed by atoms with van der Waals surface area (Å²) in [5.41, 5.74) is 1.79. The Kier molecular flexibility index (Phi) is 4.66. The van der Waals surface area contributed by atoms with Gasteiger partial charge in [-0.05, 0) is 18.2 Å². The summed E-state index contributed by atoms with van der Waals surface area (Å²) >= 11 is 1.56. The molecule has 4 rings (SSSR count). The Labute approximate surface area is 154 Å². The SMILES string of the molecule is COc1ccccc1Cn1cc([C@@H]2SCC(=O)N2Cc2ccco2)nn1. The summed E-state index contributed by atoms with van der Waals surface area (Å²) in [6, 6.07) is 11.5. The monoisotopic (exact) mass is 370 g/mol. The molecule has 26 heavy (non-hydrogen) atoms. The van der Waals surface area contributed by atoms with Crippen LogP contribution in [0, 0.1) is 0 Å². The Morgan fingerprint density at radius 3 is 2.96 bits per heavy atom. The van der Waals surface area contributed by atoms with Gasteiger partial charge in [-0.1, -0.05) is 23.4 Å². The predicted octanol–water partition coefficient (Wildman–Crippen LogP) is 2.70. The van der Waals surface area contributed by atoms with Crippen molar-refractivity contribution in [3.05, 3.63) is 65.9 Å². The highest BCUT2D eigenvalue weighted by molar-refractivity contribution is 8.00. The minimum atomic E-state index is -0.154. The van der Waals surface area contributed by atoms with Gasteiger partial charge >= 0.3 is 0 Å². The molecule has 1 saturated heterocycles. The summed E-state index contributed by atoms with van der Waals surface area (Å²) in [5.74, 6) is 2.09. The lowest BCUT2D eigenvalue weighted by molar-refractivity contribution is -0.128. The van der Waals surface area contributed by atoms with Crippen molar-refractivity contribution in [2.24, 2.45) is 0 Å². The molecule has 3 aromatic rings. The highest BCUT2D eigenvalue weighted by Crippen LogP contribution is 2.38. The molecule has 1 aliphatic rings. The number of ether oxygens (including phenoxy) is 1. The first-order chi connectivity index (χ1) is 12.7.